The monoisotopic (exact) mass is 388 g/mol. The molecule has 29 heavy (non-hydrogen) atoms. The van der Waals surface area contributed by atoms with Crippen LogP contribution in [0.1, 0.15) is 44.7 Å². The van der Waals surface area contributed by atoms with Crippen molar-refractivity contribution in [1.82, 2.24) is 4.57 Å². The van der Waals surface area contributed by atoms with Crippen LogP contribution in [0, 0.1) is 17.2 Å². The highest BCUT2D eigenvalue weighted by atomic mass is 16.5. The molecule has 0 amide bonds. The summed E-state index contributed by atoms with van der Waals surface area (Å²) < 4.78 is 7.70. The van der Waals surface area contributed by atoms with Crippen LogP contribution in [0.15, 0.2) is 59.4 Å². The van der Waals surface area contributed by atoms with Crippen molar-refractivity contribution in [2.75, 3.05) is 0 Å². The Balaban J connectivity index is 1.84. The zero-order valence-corrected chi connectivity index (χ0v) is 17.6. The number of aryl methyl sites for hydroxylation is 1. The number of hydrogen-bond donors (Lipinski definition) is 0. The standard InChI is InChI=1S/C25H28N2O2/c1-5-18(3)25(6-2,17-26)21-8-7-9-22(15-21)29-16-19-10-12-23-20(14-19)11-13-24(28)27(23)4/h7-15,18H,5-6,16H2,1-4H3. The van der Waals surface area contributed by atoms with Gasteiger partial charge >= 0.3 is 0 Å². The summed E-state index contributed by atoms with van der Waals surface area (Å²) in [6.07, 6.45) is 1.72. The molecule has 0 saturated heterocycles. The van der Waals surface area contributed by atoms with Crippen LogP contribution >= 0.6 is 0 Å². The molecular weight excluding hydrogens is 360 g/mol. The Morgan fingerprint density at radius 2 is 1.93 bits per heavy atom. The fourth-order valence-corrected chi connectivity index (χ4v) is 3.99. The maximum Gasteiger partial charge on any atom is 0.250 e. The van der Waals surface area contributed by atoms with Crippen molar-refractivity contribution in [2.45, 2.75) is 45.6 Å². The third-order valence-electron chi connectivity index (χ3n) is 6.15. The van der Waals surface area contributed by atoms with E-state index < -0.39 is 5.41 Å². The summed E-state index contributed by atoms with van der Waals surface area (Å²) in [6.45, 7) is 6.77. The van der Waals surface area contributed by atoms with Crippen molar-refractivity contribution in [1.29, 1.82) is 5.26 Å². The first-order chi connectivity index (χ1) is 13.9. The molecule has 2 atom stereocenters. The van der Waals surface area contributed by atoms with Gasteiger partial charge in [-0.15, -0.1) is 0 Å². The third-order valence-corrected chi connectivity index (χ3v) is 6.15. The second-order valence-electron chi connectivity index (χ2n) is 7.69. The molecule has 0 spiro atoms. The van der Waals surface area contributed by atoms with E-state index in [4.69, 9.17) is 4.74 Å². The van der Waals surface area contributed by atoms with Gasteiger partial charge in [0, 0.05) is 13.1 Å². The van der Waals surface area contributed by atoms with E-state index in [0.717, 1.165) is 40.6 Å². The predicted molar refractivity (Wildman–Crippen MR) is 117 cm³/mol. The highest BCUT2D eigenvalue weighted by molar-refractivity contribution is 5.79. The minimum Gasteiger partial charge on any atom is -0.489 e. The molecule has 2 unspecified atom stereocenters. The van der Waals surface area contributed by atoms with Crippen LogP contribution in [0.5, 0.6) is 5.75 Å². The van der Waals surface area contributed by atoms with Gasteiger partial charge in [-0.05, 0) is 59.2 Å². The average molecular weight is 389 g/mol. The van der Waals surface area contributed by atoms with E-state index in [0.29, 0.717) is 6.61 Å². The molecule has 0 aliphatic heterocycles. The van der Waals surface area contributed by atoms with Gasteiger partial charge in [0.1, 0.15) is 12.4 Å². The van der Waals surface area contributed by atoms with Crippen molar-refractivity contribution in [3.8, 4) is 11.8 Å². The molecule has 0 fully saturated rings. The van der Waals surface area contributed by atoms with Crippen LogP contribution in [-0.2, 0) is 19.1 Å². The summed E-state index contributed by atoms with van der Waals surface area (Å²) >= 11 is 0. The maximum atomic E-state index is 11.8. The van der Waals surface area contributed by atoms with E-state index in [1.54, 1.807) is 17.7 Å². The van der Waals surface area contributed by atoms with Gasteiger partial charge in [0.05, 0.1) is 17.0 Å². The first-order valence-corrected chi connectivity index (χ1v) is 10.2. The number of hydrogen-bond acceptors (Lipinski definition) is 3. The Morgan fingerprint density at radius 3 is 2.62 bits per heavy atom. The highest BCUT2D eigenvalue weighted by Gasteiger charge is 2.35. The maximum absolute atomic E-state index is 11.8. The number of benzene rings is 2. The van der Waals surface area contributed by atoms with Crippen LogP contribution in [0.3, 0.4) is 0 Å². The number of aromatic nitrogens is 1. The molecule has 4 nitrogen and oxygen atoms in total. The van der Waals surface area contributed by atoms with Crippen molar-refractivity contribution in [3.63, 3.8) is 0 Å². The number of nitriles is 1. The number of nitrogens with zero attached hydrogens (tertiary/aromatic N) is 2. The van der Waals surface area contributed by atoms with Gasteiger partial charge in [0.25, 0.3) is 5.56 Å². The quantitative estimate of drug-likeness (QED) is 0.549. The van der Waals surface area contributed by atoms with E-state index in [2.05, 4.69) is 26.8 Å². The zero-order valence-electron chi connectivity index (χ0n) is 17.6. The lowest BCUT2D eigenvalue weighted by atomic mass is 9.69. The van der Waals surface area contributed by atoms with Gasteiger partial charge in [-0.1, -0.05) is 45.4 Å². The van der Waals surface area contributed by atoms with Gasteiger partial charge in [0.2, 0.25) is 0 Å². The summed E-state index contributed by atoms with van der Waals surface area (Å²) in [5.41, 5.74) is 2.44. The molecule has 1 heterocycles. The minimum absolute atomic E-state index is 0.0171. The van der Waals surface area contributed by atoms with Crippen LogP contribution in [0.25, 0.3) is 10.9 Å². The fourth-order valence-electron chi connectivity index (χ4n) is 3.99. The Kier molecular flexibility index (Phi) is 6.08. The molecule has 0 radical (unpaired) electrons. The van der Waals surface area contributed by atoms with E-state index in [1.165, 1.54) is 0 Å². The molecule has 0 N–H and O–H groups in total. The van der Waals surface area contributed by atoms with Gasteiger partial charge in [0.15, 0.2) is 0 Å². The molecule has 4 heteroatoms. The SMILES string of the molecule is CCC(C)C(C#N)(CC)c1cccc(OCc2ccc3c(ccc(=O)n3C)c2)c1. The van der Waals surface area contributed by atoms with Gasteiger partial charge in [-0.3, -0.25) is 4.79 Å². The molecule has 2 aromatic carbocycles. The first kappa shape index (κ1) is 20.7. The molecule has 0 saturated carbocycles. The summed E-state index contributed by atoms with van der Waals surface area (Å²) in [7, 11) is 1.78. The number of ether oxygens (including phenoxy) is 1. The van der Waals surface area contributed by atoms with Crippen LogP contribution in [-0.4, -0.2) is 4.57 Å². The molecule has 1 aromatic heterocycles. The highest BCUT2D eigenvalue weighted by Crippen LogP contribution is 2.38. The van der Waals surface area contributed by atoms with Crippen LogP contribution in [0.4, 0.5) is 0 Å². The fraction of sp³-hybridized carbons (Fsp3) is 0.360. The van der Waals surface area contributed by atoms with Crippen LogP contribution in [0.2, 0.25) is 0 Å². The Labute approximate surface area is 172 Å². The smallest absolute Gasteiger partial charge is 0.250 e. The third kappa shape index (κ3) is 3.91. The average Bonchev–Trinajstić information content (AvgIpc) is 2.76. The normalized spacial score (nSPS) is 14.2. The summed E-state index contributed by atoms with van der Waals surface area (Å²) in [4.78, 5) is 11.8. The lowest BCUT2D eigenvalue weighted by Gasteiger charge is -2.32. The van der Waals surface area contributed by atoms with Crippen molar-refractivity contribution in [3.05, 3.63) is 76.1 Å². The number of pyridine rings is 1. The Hall–Kier alpha value is -3.06. The van der Waals surface area contributed by atoms with Gasteiger partial charge < -0.3 is 9.30 Å². The molecule has 0 aliphatic rings. The van der Waals surface area contributed by atoms with E-state index >= 15 is 0 Å². The lowest BCUT2D eigenvalue weighted by Crippen LogP contribution is -2.31. The minimum atomic E-state index is -0.498. The van der Waals surface area contributed by atoms with Crippen LogP contribution < -0.4 is 10.3 Å². The summed E-state index contributed by atoms with van der Waals surface area (Å²) in [6, 6.07) is 19.9. The zero-order chi connectivity index (χ0) is 21.0. The largest absolute Gasteiger partial charge is 0.489 e. The molecular formula is C25H28N2O2. The summed E-state index contributed by atoms with van der Waals surface area (Å²) in [5.74, 6) is 1.03. The number of fused-ring (bicyclic) bond motifs is 1. The predicted octanol–water partition coefficient (Wildman–Crippen LogP) is 5.33. The van der Waals surface area contributed by atoms with E-state index in [9.17, 15) is 10.1 Å². The molecule has 0 aliphatic carbocycles. The molecule has 3 aromatic rings. The van der Waals surface area contributed by atoms with E-state index in [-0.39, 0.29) is 11.5 Å². The molecule has 150 valence electrons. The van der Waals surface area contributed by atoms with Crippen molar-refractivity contribution < 1.29 is 4.74 Å². The molecule has 0 bridgehead atoms. The van der Waals surface area contributed by atoms with Gasteiger partial charge in [-0.25, -0.2) is 0 Å². The first-order valence-electron chi connectivity index (χ1n) is 10.2. The topological polar surface area (TPSA) is 55.0 Å². The van der Waals surface area contributed by atoms with Crippen molar-refractivity contribution >= 4 is 10.9 Å². The lowest BCUT2D eigenvalue weighted by molar-refractivity contribution is 0.302. The van der Waals surface area contributed by atoms with Gasteiger partial charge in [-0.2, -0.15) is 5.26 Å². The Bertz CT molecular complexity index is 1110. The molecule has 3 rings (SSSR count). The van der Waals surface area contributed by atoms with E-state index in [1.807, 2.05) is 48.5 Å². The Morgan fingerprint density at radius 1 is 1.14 bits per heavy atom. The second-order valence-corrected chi connectivity index (χ2v) is 7.69. The summed E-state index contributed by atoms with van der Waals surface area (Å²) in [5, 5.41) is 11.0. The second kappa shape index (κ2) is 8.53. The van der Waals surface area contributed by atoms with Crippen molar-refractivity contribution in [2.24, 2.45) is 13.0 Å². The number of rotatable bonds is 7.